The van der Waals surface area contributed by atoms with Gasteiger partial charge in [0.2, 0.25) is 11.8 Å². The molecule has 0 radical (unpaired) electrons. The van der Waals surface area contributed by atoms with Gasteiger partial charge in [-0.3, -0.25) is 13.9 Å². The van der Waals surface area contributed by atoms with Gasteiger partial charge in [-0.05, 0) is 60.9 Å². The summed E-state index contributed by atoms with van der Waals surface area (Å²) >= 11 is 6.43. The first-order valence-corrected chi connectivity index (χ1v) is 15.1. The van der Waals surface area contributed by atoms with Crippen LogP contribution in [-0.2, 0) is 26.2 Å². The SMILES string of the molecule is CCCCNC(=O)C(CC)N(Cc1ccccc1Cl)C(=O)CN(c1ccccc1)S(=O)(=O)c1ccc(OC)cc1. The van der Waals surface area contributed by atoms with Gasteiger partial charge in [0.15, 0.2) is 0 Å². The number of rotatable bonds is 14. The van der Waals surface area contributed by atoms with Crippen LogP contribution in [0.1, 0.15) is 38.7 Å². The number of hydrogen-bond donors (Lipinski definition) is 1. The van der Waals surface area contributed by atoms with Gasteiger partial charge in [0.05, 0.1) is 17.7 Å². The summed E-state index contributed by atoms with van der Waals surface area (Å²) in [7, 11) is -2.66. The fourth-order valence-corrected chi connectivity index (χ4v) is 5.84. The zero-order valence-corrected chi connectivity index (χ0v) is 24.6. The first-order valence-electron chi connectivity index (χ1n) is 13.2. The van der Waals surface area contributed by atoms with Gasteiger partial charge >= 0.3 is 0 Å². The van der Waals surface area contributed by atoms with Crippen LogP contribution in [0.3, 0.4) is 0 Å². The molecule has 1 N–H and O–H groups in total. The second kappa shape index (κ2) is 14.7. The van der Waals surface area contributed by atoms with Gasteiger partial charge in [0.25, 0.3) is 10.0 Å². The first-order chi connectivity index (χ1) is 19.2. The van der Waals surface area contributed by atoms with E-state index in [1.54, 1.807) is 66.7 Å². The molecule has 0 heterocycles. The number of unbranched alkanes of at least 4 members (excludes halogenated alkanes) is 1. The first kappa shape index (κ1) is 31.0. The number of anilines is 1. The van der Waals surface area contributed by atoms with Gasteiger partial charge in [-0.15, -0.1) is 0 Å². The molecular weight excluding hydrogens is 550 g/mol. The molecule has 0 bridgehead atoms. The largest absolute Gasteiger partial charge is 0.497 e. The van der Waals surface area contributed by atoms with Crippen LogP contribution in [0, 0.1) is 0 Å². The lowest BCUT2D eigenvalue weighted by Crippen LogP contribution is -2.52. The highest BCUT2D eigenvalue weighted by Crippen LogP contribution is 2.26. The smallest absolute Gasteiger partial charge is 0.264 e. The number of methoxy groups -OCH3 is 1. The molecule has 0 saturated carbocycles. The third-order valence-electron chi connectivity index (χ3n) is 6.48. The van der Waals surface area contributed by atoms with E-state index in [1.807, 2.05) is 13.8 Å². The molecular formula is C30H36ClN3O5S. The summed E-state index contributed by atoms with van der Waals surface area (Å²) in [5, 5.41) is 3.36. The number of ether oxygens (including phenoxy) is 1. The summed E-state index contributed by atoms with van der Waals surface area (Å²) in [4.78, 5) is 28.7. The van der Waals surface area contributed by atoms with Gasteiger partial charge in [-0.2, -0.15) is 0 Å². The average molecular weight is 586 g/mol. The van der Waals surface area contributed by atoms with Crippen molar-refractivity contribution in [1.29, 1.82) is 0 Å². The normalized spacial score (nSPS) is 11.9. The standard InChI is InChI=1S/C30H36ClN3O5S/c1-4-6-20-32-30(36)28(5-2)33(21-23-12-10-11-15-27(23)31)29(35)22-34(24-13-8-7-9-14-24)40(37,38)26-18-16-25(39-3)17-19-26/h7-19,28H,4-6,20-22H2,1-3H3,(H,32,36). The van der Waals surface area contributed by atoms with Crippen LogP contribution in [0.2, 0.25) is 5.02 Å². The molecule has 214 valence electrons. The molecule has 3 rings (SSSR count). The molecule has 0 spiro atoms. The number of hydrogen-bond acceptors (Lipinski definition) is 5. The molecule has 0 aromatic heterocycles. The number of benzene rings is 3. The number of amides is 2. The van der Waals surface area contributed by atoms with E-state index in [2.05, 4.69) is 5.32 Å². The minimum atomic E-state index is -4.16. The Morgan fingerprint density at radius 3 is 2.20 bits per heavy atom. The Bertz CT molecular complexity index is 1370. The van der Waals surface area contributed by atoms with Crippen molar-refractivity contribution in [3.8, 4) is 5.75 Å². The summed E-state index contributed by atoms with van der Waals surface area (Å²) in [5.74, 6) is -0.314. The summed E-state index contributed by atoms with van der Waals surface area (Å²) in [6, 6.07) is 20.7. The molecule has 3 aromatic rings. The van der Waals surface area contributed by atoms with Gasteiger partial charge < -0.3 is 15.0 Å². The number of carbonyl (C=O) groups is 2. The molecule has 2 amide bonds. The molecule has 0 fully saturated rings. The third-order valence-corrected chi connectivity index (χ3v) is 8.64. The van der Waals surface area contributed by atoms with E-state index in [9.17, 15) is 18.0 Å². The molecule has 0 aliphatic carbocycles. The lowest BCUT2D eigenvalue weighted by Gasteiger charge is -2.33. The van der Waals surface area contributed by atoms with Crippen molar-refractivity contribution < 1.29 is 22.7 Å². The maximum absolute atomic E-state index is 14.0. The van der Waals surface area contributed by atoms with Gasteiger partial charge in [-0.1, -0.05) is 68.3 Å². The van der Waals surface area contributed by atoms with Crippen molar-refractivity contribution in [2.24, 2.45) is 0 Å². The van der Waals surface area contributed by atoms with E-state index in [1.165, 1.54) is 24.1 Å². The maximum Gasteiger partial charge on any atom is 0.264 e. The average Bonchev–Trinajstić information content (AvgIpc) is 2.97. The Hall–Kier alpha value is -3.56. The van der Waals surface area contributed by atoms with Crippen molar-refractivity contribution >= 4 is 39.1 Å². The van der Waals surface area contributed by atoms with Crippen LogP contribution in [0.25, 0.3) is 0 Å². The van der Waals surface area contributed by atoms with E-state index in [0.29, 0.717) is 35.0 Å². The van der Waals surface area contributed by atoms with E-state index >= 15 is 0 Å². The summed E-state index contributed by atoms with van der Waals surface area (Å²) < 4.78 is 34.0. The van der Waals surface area contributed by atoms with Crippen LogP contribution in [0.4, 0.5) is 5.69 Å². The Labute approximate surface area is 241 Å². The minimum absolute atomic E-state index is 0.00644. The molecule has 0 aliphatic rings. The summed E-state index contributed by atoms with van der Waals surface area (Å²) in [6.07, 6.45) is 2.06. The fourth-order valence-electron chi connectivity index (χ4n) is 4.23. The van der Waals surface area contributed by atoms with E-state index in [4.69, 9.17) is 16.3 Å². The Balaban J connectivity index is 2.02. The molecule has 10 heteroatoms. The van der Waals surface area contributed by atoms with Crippen LogP contribution in [-0.4, -0.2) is 51.4 Å². The second-order valence-electron chi connectivity index (χ2n) is 9.20. The third kappa shape index (κ3) is 7.76. The van der Waals surface area contributed by atoms with Crippen molar-refractivity contribution in [2.45, 2.75) is 50.6 Å². The monoisotopic (exact) mass is 585 g/mol. The number of nitrogens with one attached hydrogen (secondary N) is 1. The van der Waals surface area contributed by atoms with Crippen molar-refractivity contribution in [2.75, 3.05) is 24.5 Å². The highest BCUT2D eigenvalue weighted by molar-refractivity contribution is 7.92. The predicted molar refractivity (Wildman–Crippen MR) is 158 cm³/mol. The molecule has 0 aliphatic heterocycles. The lowest BCUT2D eigenvalue weighted by atomic mass is 10.1. The Morgan fingerprint density at radius 2 is 1.60 bits per heavy atom. The second-order valence-corrected chi connectivity index (χ2v) is 11.5. The number of carbonyl (C=O) groups excluding carboxylic acids is 2. The minimum Gasteiger partial charge on any atom is -0.497 e. The number of nitrogens with zero attached hydrogens (tertiary/aromatic N) is 2. The molecule has 1 unspecified atom stereocenters. The van der Waals surface area contributed by atoms with E-state index in [0.717, 1.165) is 17.1 Å². The molecule has 3 aromatic carbocycles. The van der Waals surface area contributed by atoms with Crippen molar-refractivity contribution in [1.82, 2.24) is 10.2 Å². The number of halogens is 1. The van der Waals surface area contributed by atoms with Gasteiger partial charge in [0.1, 0.15) is 18.3 Å². The maximum atomic E-state index is 14.0. The summed E-state index contributed by atoms with van der Waals surface area (Å²) in [5.41, 5.74) is 0.978. The van der Waals surface area contributed by atoms with Gasteiger partial charge in [-0.25, -0.2) is 8.42 Å². The highest BCUT2D eigenvalue weighted by atomic mass is 35.5. The van der Waals surface area contributed by atoms with Crippen molar-refractivity contribution in [3.05, 3.63) is 89.4 Å². The topological polar surface area (TPSA) is 96.0 Å². The zero-order valence-electron chi connectivity index (χ0n) is 23.0. The van der Waals surface area contributed by atoms with Crippen LogP contribution < -0.4 is 14.4 Å². The number of sulfonamides is 1. The molecule has 40 heavy (non-hydrogen) atoms. The quantitative estimate of drug-likeness (QED) is 0.260. The summed E-state index contributed by atoms with van der Waals surface area (Å²) in [6.45, 7) is 3.87. The fraction of sp³-hybridized carbons (Fsp3) is 0.333. The molecule has 8 nitrogen and oxygen atoms in total. The highest BCUT2D eigenvalue weighted by Gasteiger charge is 2.33. The molecule has 1 atom stereocenters. The lowest BCUT2D eigenvalue weighted by molar-refractivity contribution is -0.140. The van der Waals surface area contributed by atoms with Crippen LogP contribution in [0.15, 0.2) is 83.8 Å². The predicted octanol–water partition coefficient (Wildman–Crippen LogP) is 5.27. The van der Waals surface area contributed by atoms with Crippen molar-refractivity contribution in [3.63, 3.8) is 0 Å². The molecule has 0 saturated heterocycles. The van der Waals surface area contributed by atoms with Gasteiger partial charge in [0, 0.05) is 18.1 Å². The Kier molecular flexibility index (Phi) is 11.4. The van der Waals surface area contributed by atoms with Crippen LogP contribution >= 0.6 is 11.6 Å². The number of para-hydroxylation sites is 1. The Morgan fingerprint density at radius 1 is 0.950 bits per heavy atom. The zero-order chi connectivity index (χ0) is 29.1. The van der Waals surface area contributed by atoms with Crippen LogP contribution in [0.5, 0.6) is 5.75 Å². The van der Waals surface area contributed by atoms with E-state index < -0.39 is 28.5 Å². The van der Waals surface area contributed by atoms with E-state index in [-0.39, 0.29) is 17.3 Å².